The maximum atomic E-state index is 10.9. The molecule has 2 aromatic rings. The van der Waals surface area contributed by atoms with Crippen molar-refractivity contribution in [3.05, 3.63) is 30.2 Å². The summed E-state index contributed by atoms with van der Waals surface area (Å²) in [5, 5.41) is 8.26. The molecule has 1 atom stereocenters. The minimum atomic E-state index is 0.111. The average molecular weight is 287 g/mol. The van der Waals surface area contributed by atoms with E-state index >= 15 is 0 Å². The number of amides is 1. The molecule has 0 bridgehead atoms. The summed E-state index contributed by atoms with van der Waals surface area (Å²) >= 11 is 0. The van der Waals surface area contributed by atoms with Crippen LogP contribution >= 0.6 is 0 Å². The van der Waals surface area contributed by atoms with Crippen molar-refractivity contribution < 1.29 is 13.9 Å². The first-order chi connectivity index (χ1) is 10.3. The van der Waals surface area contributed by atoms with Gasteiger partial charge in [0.15, 0.2) is 0 Å². The van der Waals surface area contributed by atoms with Gasteiger partial charge >= 0.3 is 0 Å². The number of benzene rings is 1. The highest BCUT2D eigenvalue weighted by atomic mass is 16.5. The molecule has 1 aliphatic heterocycles. The first kappa shape index (κ1) is 13.6. The number of carbonyl (C=O) groups excluding carboxylic acids is 1. The lowest BCUT2D eigenvalue weighted by molar-refractivity contribution is -0.119. The molecule has 1 aliphatic rings. The Morgan fingerprint density at radius 1 is 1.38 bits per heavy atom. The molecule has 0 unspecified atom stereocenters. The molecule has 1 saturated heterocycles. The fourth-order valence-electron chi connectivity index (χ4n) is 2.63. The van der Waals surface area contributed by atoms with E-state index in [0.717, 1.165) is 31.4 Å². The van der Waals surface area contributed by atoms with Crippen LogP contribution in [0.2, 0.25) is 0 Å². The van der Waals surface area contributed by atoms with Crippen LogP contribution in [0.25, 0.3) is 11.5 Å². The van der Waals surface area contributed by atoms with E-state index in [2.05, 4.69) is 10.2 Å². The van der Waals surface area contributed by atoms with Crippen molar-refractivity contribution in [1.82, 2.24) is 15.1 Å². The van der Waals surface area contributed by atoms with Gasteiger partial charge in [0.05, 0.1) is 18.6 Å². The summed E-state index contributed by atoms with van der Waals surface area (Å²) in [6.45, 7) is 1.44. The third-order valence-electron chi connectivity index (χ3n) is 3.73. The van der Waals surface area contributed by atoms with Crippen LogP contribution in [0.1, 0.15) is 24.7 Å². The SMILES string of the molecule is COc1ccccc1-c1nnc([C@@H]2CCCN(C=O)C2)o1. The van der Waals surface area contributed by atoms with Crippen LogP contribution in [0, 0.1) is 0 Å². The van der Waals surface area contributed by atoms with Crippen molar-refractivity contribution in [2.45, 2.75) is 18.8 Å². The molecule has 3 rings (SSSR count). The van der Waals surface area contributed by atoms with Gasteiger partial charge in [-0.15, -0.1) is 10.2 Å². The van der Waals surface area contributed by atoms with Gasteiger partial charge in [0, 0.05) is 13.1 Å². The molecule has 110 valence electrons. The first-order valence-electron chi connectivity index (χ1n) is 6.98. The number of hydrogen-bond donors (Lipinski definition) is 0. The van der Waals surface area contributed by atoms with Crippen LogP contribution in [0.3, 0.4) is 0 Å². The zero-order valence-corrected chi connectivity index (χ0v) is 11.9. The number of nitrogens with zero attached hydrogens (tertiary/aromatic N) is 3. The van der Waals surface area contributed by atoms with Crippen molar-refractivity contribution in [2.75, 3.05) is 20.2 Å². The van der Waals surface area contributed by atoms with Gasteiger partial charge in [-0.1, -0.05) is 12.1 Å². The molecular weight excluding hydrogens is 270 g/mol. The summed E-state index contributed by atoms with van der Waals surface area (Å²) in [6, 6.07) is 7.53. The fourth-order valence-corrected chi connectivity index (χ4v) is 2.63. The molecule has 1 amide bonds. The smallest absolute Gasteiger partial charge is 0.251 e. The van der Waals surface area contributed by atoms with Gasteiger partial charge in [0.2, 0.25) is 12.3 Å². The Balaban J connectivity index is 1.84. The van der Waals surface area contributed by atoms with E-state index in [1.807, 2.05) is 24.3 Å². The zero-order valence-electron chi connectivity index (χ0n) is 11.9. The molecule has 6 nitrogen and oxygen atoms in total. The van der Waals surface area contributed by atoms with Crippen LogP contribution < -0.4 is 4.74 Å². The minimum Gasteiger partial charge on any atom is -0.496 e. The summed E-state index contributed by atoms with van der Waals surface area (Å²) in [5.41, 5.74) is 0.779. The average Bonchev–Trinajstić information content (AvgIpc) is 3.04. The number of rotatable bonds is 4. The standard InChI is InChI=1S/C15H17N3O3/c1-20-13-7-3-2-6-12(13)15-17-16-14(21-15)11-5-4-8-18(9-11)10-19/h2-3,6-7,10-11H,4-5,8-9H2,1H3/t11-/m1/s1. The van der Waals surface area contributed by atoms with E-state index in [4.69, 9.17) is 9.15 Å². The lowest BCUT2D eigenvalue weighted by Crippen LogP contribution is -2.33. The molecular formula is C15H17N3O3. The highest BCUT2D eigenvalue weighted by Crippen LogP contribution is 2.31. The Hall–Kier alpha value is -2.37. The van der Waals surface area contributed by atoms with Crippen LogP contribution in [-0.4, -0.2) is 41.7 Å². The van der Waals surface area contributed by atoms with Gasteiger partial charge in [-0.3, -0.25) is 4.79 Å². The maximum absolute atomic E-state index is 10.9. The van der Waals surface area contributed by atoms with Crippen LogP contribution in [0.15, 0.2) is 28.7 Å². The van der Waals surface area contributed by atoms with E-state index in [1.54, 1.807) is 12.0 Å². The Bertz CT molecular complexity index is 626. The van der Waals surface area contributed by atoms with E-state index in [9.17, 15) is 4.79 Å². The number of hydrogen-bond acceptors (Lipinski definition) is 5. The molecule has 0 N–H and O–H groups in total. The Labute approximate surface area is 122 Å². The topological polar surface area (TPSA) is 68.5 Å². The quantitative estimate of drug-likeness (QED) is 0.805. The Kier molecular flexibility index (Phi) is 3.85. The molecule has 1 aromatic carbocycles. The van der Waals surface area contributed by atoms with Crippen molar-refractivity contribution in [3.63, 3.8) is 0 Å². The monoisotopic (exact) mass is 287 g/mol. The van der Waals surface area contributed by atoms with Gasteiger partial charge < -0.3 is 14.1 Å². The molecule has 1 aromatic heterocycles. The summed E-state index contributed by atoms with van der Waals surface area (Å²) in [4.78, 5) is 12.6. The number of aromatic nitrogens is 2. The molecule has 0 radical (unpaired) electrons. The van der Waals surface area contributed by atoms with E-state index in [-0.39, 0.29) is 5.92 Å². The van der Waals surface area contributed by atoms with Gasteiger partial charge in [-0.05, 0) is 25.0 Å². The number of likely N-dealkylation sites (tertiary alicyclic amines) is 1. The second-order valence-electron chi connectivity index (χ2n) is 5.09. The van der Waals surface area contributed by atoms with Crippen molar-refractivity contribution in [2.24, 2.45) is 0 Å². The lowest BCUT2D eigenvalue weighted by Gasteiger charge is -2.27. The van der Waals surface area contributed by atoms with Crippen molar-refractivity contribution in [1.29, 1.82) is 0 Å². The van der Waals surface area contributed by atoms with E-state index in [0.29, 0.717) is 24.1 Å². The molecule has 6 heteroatoms. The molecule has 21 heavy (non-hydrogen) atoms. The molecule has 0 aliphatic carbocycles. The normalized spacial score (nSPS) is 18.5. The van der Waals surface area contributed by atoms with Crippen LogP contribution in [0.5, 0.6) is 5.75 Å². The van der Waals surface area contributed by atoms with Gasteiger partial charge in [-0.25, -0.2) is 0 Å². The first-order valence-corrected chi connectivity index (χ1v) is 6.98. The molecule has 1 fully saturated rings. The second-order valence-corrected chi connectivity index (χ2v) is 5.09. The predicted octanol–water partition coefficient (Wildman–Crippen LogP) is 2.08. The Morgan fingerprint density at radius 2 is 2.24 bits per heavy atom. The van der Waals surface area contributed by atoms with E-state index in [1.165, 1.54) is 0 Å². The maximum Gasteiger partial charge on any atom is 0.251 e. The lowest BCUT2D eigenvalue weighted by atomic mass is 9.98. The summed E-state index contributed by atoms with van der Waals surface area (Å²) in [5.74, 6) is 1.85. The van der Waals surface area contributed by atoms with Crippen LogP contribution in [-0.2, 0) is 4.79 Å². The number of para-hydroxylation sites is 1. The van der Waals surface area contributed by atoms with Gasteiger partial charge in [0.1, 0.15) is 5.75 Å². The molecule has 0 spiro atoms. The highest BCUT2D eigenvalue weighted by Gasteiger charge is 2.25. The van der Waals surface area contributed by atoms with Crippen LogP contribution in [0.4, 0.5) is 0 Å². The second kappa shape index (κ2) is 5.95. The predicted molar refractivity (Wildman–Crippen MR) is 75.9 cm³/mol. The molecule has 0 saturated carbocycles. The summed E-state index contributed by atoms with van der Waals surface area (Å²) in [7, 11) is 1.61. The largest absolute Gasteiger partial charge is 0.496 e. The fraction of sp³-hybridized carbons (Fsp3) is 0.400. The third-order valence-corrected chi connectivity index (χ3v) is 3.73. The van der Waals surface area contributed by atoms with Crippen molar-refractivity contribution in [3.8, 4) is 17.2 Å². The molecule has 2 heterocycles. The van der Waals surface area contributed by atoms with Gasteiger partial charge in [0.25, 0.3) is 5.89 Å². The minimum absolute atomic E-state index is 0.111. The van der Waals surface area contributed by atoms with Crippen molar-refractivity contribution >= 4 is 6.41 Å². The number of ether oxygens (including phenoxy) is 1. The summed E-state index contributed by atoms with van der Waals surface area (Å²) in [6.07, 6.45) is 2.79. The number of piperidine rings is 1. The third kappa shape index (κ3) is 2.74. The van der Waals surface area contributed by atoms with Gasteiger partial charge in [-0.2, -0.15) is 0 Å². The highest BCUT2D eigenvalue weighted by molar-refractivity contribution is 5.62. The zero-order chi connectivity index (χ0) is 14.7. The number of methoxy groups -OCH3 is 1. The number of carbonyl (C=O) groups is 1. The van der Waals surface area contributed by atoms with E-state index < -0.39 is 0 Å². The summed E-state index contributed by atoms with van der Waals surface area (Å²) < 4.78 is 11.1. The Morgan fingerprint density at radius 3 is 3.05 bits per heavy atom.